The Labute approximate surface area is 351 Å². The molecule has 5 atom stereocenters. The number of hydrogen-bond acceptors (Lipinski definition) is 7. The Kier molecular flexibility index (Phi) is 18.8. The summed E-state index contributed by atoms with van der Waals surface area (Å²) in [7, 11) is -6.69. The summed E-state index contributed by atoms with van der Waals surface area (Å²) in [5.74, 6) is -1.26. The van der Waals surface area contributed by atoms with E-state index in [1.165, 1.54) is 11.1 Å². The molecule has 0 aliphatic heterocycles. The van der Waals surface area contributed by atoms with Crippen molar-refractivity contribution in [3.63, 3.8) is 0 Å². The molecule has 0 bridgehead atoms. The highest BCUT2D eigenvalue weighted by Gasteiger charge is 2.50. The van der Waals surface area contributed by atoms with Crippen LogP contribution in [0, 0.1) is 24.2 Å². The normalized spacial score (nSPS) is 17.4. The van der Waals surface area contributed by atoms with Crippen LogP contribution in [0.25, 0.3) is 6.08 Å². The molecule has 0 aliphatic carbocycles. The second-order valence-electron chi connectivity index (χ2n) is 21.9. The maximum Gasteiger partial charge on any atom is 0.305 e. The lowest BCUT2D eigenvalue weighted by Crippen LogP contribution is -2.54. The number of thiazole rings is 1. The summed E-state index contributed by atoms with van der Waals surface area (Å²) in [5.41, 5.74) is 2.51. The summed E-state index contributed by atoms with van der Waals surface area (Å²) < 4.78 is 20.9. The number of nitrogens with zero attached hydrogens (tertiary/aromatic N) is 1. The predicted octanol–water partition coefficient (Wildman–Crippen LogP) is 13.9. The van der Waals surface area contributed by atoms with Crippen LogP contribution in [0.5, 0.6) is 0 Å². The number of carbonyl (C=O) groups is 2. The van der Waals surface area contributed by atoms with Gasteiger partial charge in [0.1, 0.15) is 5.78 Å². The molecule has 1 heterocycles. The van der Waals surface area contributed by atoms with Crippen molar-refractivity contribution in [3.8, 4) is 0 Å². The first kappa shape index (κ1) is 52.8. The SMILES string of the molecule is CC(=CCC(O[Si](C)(C)C(C)(C)C)C(C)=Cc1csc(C)n1)CCCC(C)C(O[Si](C)(C)C(C)(C)C)C(C)C(=O)C(C)(C)C(CC(=O)O)O[Si](C)(C)C(C)(C)C. The van der Waals surface area contributed by atoms with Crippen LogP contribution in [0.2, 0.25) is 54.4 Å². The molecule has 0 aliphatic rings. The van der Waals surface area contributed by atoms with Crippen molar-refractivity contribution < 1.29 is 28.0 Å². The minimum atomic E-state index is -2.38. The van der Waals surface area contributed by atoms with Crippen molar-refractivity contribution in [1.82, 2.24) is 4.98 Å². The van der Waals surface area contributed by atoms with Gasteiger partial charge >= 0.3 is 5.97 Å². The van der Waals surface area contributed by atoms with Gasteiger partial charge in [-0.2, -0.15) is 0 Å². The lowest BCUT2D eigenvalue weighted by molar-refractivity contribution is -0.146. The van der Waals surface area contributed by atoms with Crippen molar-refractivity contribution >= 4 is 54.1 Å². The maximum absolute atomic E-state index is 14.7. The monoisotopic (exact) mass is 852 g/mol. The van der Waals surface area contributed by atoms with Gasteiger partial charge in [0, 0.05) is 16.7 Å². The van der Waals surface area contributed by atoms with Gasteiger partial charge in [-0.3, -0.25) is 9.59 Å². The number of carboxylic acids is 1. The molecule has 1 aromatic heterocycles. The van der Waals surface area contributed by atoms with Gasteiger partial charge in [0.05, 0.1) is 35.4 Å². The van der Waals surface area contributed by atoms with Crippen LogP contribution in [0.1, 0.15) is 147 Å². The van der Waals surface area contributed by atoms with Crippen molar-refractivity contribution in [2.75, 3.05) is 0 Å². The Morgan fingerprint density at radius 1 is 0.821 bits per heavy atom. The van der Waals surface area contributed by atoms with Gasteiger partial charge in [-0.1, -0.05) is 102 Å². The molecule has 324 valence electrons. The zero-order valence-electron chi connectivity index (χ0n) is 40.0. The highest BCUT2D eigenvalue weighted by atomic mass is 32.1. The minimum Gasteiger partial charge on any atom is -0.481 e. The lowest BCUT2D eigenvalue weighted by Gasteiger charge is -2.46. The van der Waals surface area contributed by atoms with Gasteiger partial charge in [0.15, 0.2) is 25.0 Å². The molecule has 0 aromatic carbocycles. The third-order valence-corrected chi connectivity index (χ3v) is 27.7. The summed E-state index contributed by atoms with van der Waals surface area (Å²) in [5, 5.41) is 13.1. The number of aliphatic carboxylic acids is 1. The highest BCUT2D eigenvalue weighted by molar-refractivity contribution is 7.09. The van der Waals surface area contributed by atoms with Crippen LogP contribution < -0.4 is 0 Å². The fraction of sp³-hybridized carbons (Fsp3) is 0.800. The average Bonchev–Trinajstić information content (AvgIpc) is 3.42. The molecule has 0 saturated carbocycles. The molecule has 5 unspecified atom stereocenters. The fourth-order valence-electron chi connectivity index (χ4n) is 6.17. The van der Waals surface area contributed by atoms with Crippen LogP contribution in [-0.2, 0) is 22.9 Å². The molecule has 0 radical (unpaired) electrons. The predicted molar refractivity (Wildman–Crippen MR) is 248 cm³/mol. The van der Waals surface area contributed by atoms with E-state index in [2.05, 4.69) is 145 Å². The Balaban J connectivity index is 3.37. The van der Waals surface area contributed by atoms with Gasteiger partial charge in [-0.15, -0.1) is 11.3 Å². The molecule has 0 saturated heterocycles. The second-order valence-corrected chi connectivity index (χ2v) is 37.2. The van der Waals surface area contributed by atoms with Crippen LogP contribution >= 0.6 is 11.3 Å². The summed E-state index contributed by atoms with van der Waals surface area (Å²) in [6.45, 7) is 47.8. The zero-order chi connectivity index (χ0) is 44.0. The van der Waals surface area contributed by atoms with E-state index >= 15 is 0 Å². The molecule has 0 fully saturated rings. The highest BCUT2D eigenvalue weighted by Crippen LogP contribution is 2.44. The Morgan fingerprint density at radius 3 is 1.75 bits per heavy atom. The van der Waals surface area contributed by atoms with Crippen LogP contribution in [0.15, 0.2) is 22.6 Å². The number of hydrogen-bond donors (Lipinski definition) is 1. The molecule has 1 rings (SSSR count). The smallest absolute Gasteiger partial charge is 0.305 e. The number of rotatable bonds is 21. The maximum atomic E-state index is 14.7. The molecule has 11 heteroatoms. The Hall–Kier alpha value is -1.22. The van der Waals surface area contributed by atoms with Crippen molar-refractivity contribution in [3.05, 3.63) is 33.3 Å². The fourth-order valence-corrected chi connectivity index (χ4v) is 11.0. The number of Topliss-reactive ketones (excluding diaryl/α,β-unsaturated/α-hetero) is 1. The molecule has 0 spiro atoms. The topological polar surface area (TPSA) is 95.0 Å². The van der Waals surface area contributed by atoms with Crippen LogP contribution in [0.3, 0.4) is 0 Å². The molecule has 0 amide bonds. The first-order valence-corrected chi connectivity index (χ1v) is 30.6. The van der Waals surface area contributed by atoms with E-state index in [4.69, 9.17) is 13.3 Å². The third-order valence-electron chi connectivity index (χ3n) is 13.4. The van der Waals surface area contributed by atoms with Crippen molar-refractivity contribution in [1.29, 1.82) is 0 Å². The van der Waals surface area contributed by atoms with E-state index in [-0.39, 0.29) is 45.4 Å². The summed E-state index contributed by atoms with van der Waals surface area (Å²) in [6.07, 6.45) is 6.92. The van der Waals surface area contributed by atoms with Gasteiger partial charge < -0.3 is 18.4 Å². The number of aryl methyl sites for hydroxylation is 1. The zero-order valence-corrected chi connectivity index (χ0v) is 43.8. The van der Waals surface area contributed by atoms with Gasteiger partial charge in [0.25, 0.3) is 0 Å². The third kappa shape index (κ3) is 15.1. The standard InChI is InChI=1S/C45H85NO6SSi3/c1-31(26-27-37(50-54(17,18)42(6,7)8)33(3)28-36-30-53-35(5)46-36)24-23-25-32(2)40(52-56(21,22)44(12,13)14)34(4)41(49)45(15,16)38(29-39(47)48)51-55(19,20)43(9,10)11/h26,28,30,32,34,37-38,40H,23-25,27,29H2,1-22H3,(H,47,48). The second kappa shape index (κ2) is 19.9. The largest absolute Gasteiger partial charge is 0.481 e. The number of ketones is 1. The number of allylic oxidation sites excluding steroid dienone is 1. The number of aromatic nitrogens is 1. The van der Waals surface area contributed by atoms with Crippen LogP contribution in [-0.4, -0.2) is 65.1 Å². The molecule has 1 aromatic rings. The minimum absolute atomic E-state index is 0.0121. The molecular weight excluding hydrogens is 767 g/mol. The summed E-state index contributed by atoms with van der Waals surface area (Å²) >= 11 is 1.67. The number of carbonyl (C=O) groups excluding carboxylic acids is 1. The lowest BCUT2D eigenvalue weighted by atomic mass is 9.73. The van der Waals surface area contributed by atoms with E-state index in [0.29, 0.717) is 0 Å². The quantitative estimate of drug-likeness (QED) is 0.0972. The van der Waals surface area contributed by atoms with Gasteiger partial charge in [-0.25, -0.2) is 4.98 Å². The van der Waals surface area contributed by atoms with Gasteiger partial charge in [0.2, 0.25) is 0 Å². The van der Waals surface area contributed by atoms with Crippen molar-refractivity contribution in [2.45, 2.75) is 216 Å². The summed E-state index contributed by atoms with van der Waals surface area (Å²) in [4.78, 5) is 31.6. The van der Waals surface area contributed by atoms with E-state index in [1.54, 1.807) is 11.3 Å². The first-order chi connectivity index (χ1) is 25.0. The summed E-state index contributed by atoms with van der Waals surface area (Å²) in [6, 6.07) is 0. The molecule has 7 nitrogen and oxygen atoms in total. The van der Waals surface area contributed by atoms with Crippen LogP contribution in [0.4, 0.5) is 0 Å². The molecule has 1 N–H and O–H groups in total. The average molecular weight is 853 g/mol. The van der Waals surface area contributed by atoms with Crippen molar-refractivity contribution in [2.24, 2.45) is 17.3 Å². The van der Waals surface area contributed by atoms with Gasteiger partial charge in [-0.05, 0) is 118 Å². The van der Waals surface area contributed by atoms with E-state index in [0.717, 1.165) is 36.4 Å². The molecular formula is C45H85NO6SSi3. The van der Waals surface area contributed by atoms with E-state index in [9.17, 15) is 14.7 Å². The first-order valence-electron chi connectivity index (χ1n) is 21.0. The van der Waals surface area contributed by atoms with E-state index < -0.39 is 48.4 Å². The number of carboxylic acid groups (broad SMARTS) is 1. The van der Waals surface area contributed by atoms with E-state index in [1.807, 2.05) is 27.7 Å². The molecule has 56 heavy (non-hydrogen) atoms. The Morgan fingerprint density at radius 2 is 1.30 bits per heavy atom. The Bertz CT molecular complexity index is 1510.